The zero-order valence-corrected chi connectivity index (χ0v) is 9.75. The molecule has 2 nitrogen and oxygen atoms in total. The highest BCUT2D eigenvalue weighted by molar-refractivity contribution is 5.49. The maximum absolute atomic E-state index is 10.0. The lowest BCUT2D eigenvalue weighted by Crippen LogP contribution is -1.83. The molecule has 15 heavy (non-hydrogen) atoms. The Kier molecular flexibility index (Phi) is 12.8. The number of rotatable bonds is 12. The molecule has 0 aliphatic rings. The molecule has 0 aliphatic carbocycles. The van der Waals surface area contributed by atoms with Crippen molar-refractivity contribution >= 4 is 12.6 Å². The summed E-state index contributed by atoms with van der Waals surface area (Å²) in [5, 5.41) is 0. The van der Waals surface area contributed by atoms with Crippen molar-refractivity contribution in [1.82, 2.24) is 0 Å². The van der Waals surface area contributed by atoms with Crippen LogP contribution in [0, 0.1) is 0 Å². The highest BCUT2D eigenvalue weighted by Crippen LogP contribution is 2.10. The fourth-order valence-electron chi connectivity index (χ4n) is 1.69. The third-order valence-electron chi connectivity index (χ3n) is 2.64. The Hall–Kier alpha value is -0.660. The van der Waals surface area contributed by atoms with Gasteiger partial charge in [-0.25, -0.2) is 0 Å². The second kappa shape index (κ2) is 13.3. The van der Waals surface area contributed by atoms with Crippen molar-refractivity contribution in [2.45, 2.75) is 70.6 Å². The maximum atomic E-state index is 10.0. The van der Waals surface area contributed by atoms with Gasteiger partial charge in [0, 0.05) is 12.8 Å². The zero-order chi connectivity index (χ0) is 11.2. The molecule has 0 aromatic rings. The van der Waals surface area contributed by atoms with Crippen LogP contribution in [-0.2, 0) is 9.59 Å². The smallest absolute Gasteiger partial charge is 0.119 e. The Balaban J connectivity index is 2.86. The SMILES string of the molecule is O=CCCCCCCCCCCCC=O. The highest BCUT2D eigenvalue weighted by Gasteiger charge is 1.92. The Morgan fingerprint density at radius 1 is 0.467 bits per heavy atom. The predicted octanol–water partition coefficient (Wildman–Crippen LogP) is 3.68. The van der Waals surface area contributed by atoms with Gasteiger partial charge in [0.25, 0.3) is 0 Å². The molecule has 0 heterocycles. The van der Waals surface area contributed by atoms with Gasteiger partial charge in [0.05, 0.1) is 0 Å². The van der Waals surface area contributed by atoms with Crippen LogP contribution >= 0.6 is 0 Å². The van der Waals surface area contributed by atoms with Crippen molar-refractivity contribution in [2.75, 3.05) is 0 Å². The molecule has 0 saturated heterocycles. The van der Waals surface area contributed by atoms with Gasteiger partial charge in [-0.15, -0.1) is 0 Å². The van der Waals surface area contributed by atoms with E-state index < -0.39 is 0 Å². The van der Waals surface area contributed by atoms with E-state index in [0.717, 1.165) is 38.3 Å². The maximum Gasteiger partial charge on any atom is 0.119 e. The minimum absolute atomic E-state index is 0.728. The summed E-state index contributed by atoms with van der Waals surface area (Å²) < 4.78 is 0. The van der Waals surface area contributed by atoms with Crippen LogP contribution in [0.2, 0.25) is 0 Å². The monoisotopic (exact) mass is 212 g/mol. The Labute approximate surface area is 93.4 Å². The molecular weight excluding hydrogens is 188 g/mol. The van der Waals surface area contributed by atoms with Crippen molar-refractivity contribution in [1.29, 1.82) is 0 Å². The number of unbranched alkanes of at least 4 members (excludes halogenated alkanes) is 10. The van der Waals surface area contributed by atoms with Gasteiger partial charge < -0.3 is 9.59 Å². The summed E-state index contributed by atoms with van der Waals surface area (Å²) in [7, 11) is 0. The van der Waals surface area contributed by atoms with E-state index in [4.69, 9.17) is 0 Å². The molecule has 0 amide bonds. The zero-order valence-electron chi connectivity index (χ0n) is 9.75. The topological polar surface area (TPSA) is 34.1 Å². The summed E-state index contributed by atoms with van der Waals surface area (Å²) in [4.78, 5) is 20.1. The van der Waals surface area contributed by atoms with Crippen molar-refractivity contribution < 1.29 is 9.59 Å². The van der Waals surface area contributed by atoms with Crippen LogP contribution in [0.3, 0.4) is 0 Å². The lowest BCUT2D eigenvalue weighted by Gasteiger charge is -2.00. The van der Waals surface area contributed by atoms with Gasteiger partial charge in [0.15, 0.2) is 0 Å². The van der Waals surface area contributed by atoms with Crippen LogP contribution in [0.1, 0.15) is 70.6 Å². The average molecular weight is 212 g/mol. The quantitative estimate of drug-likeness (QED) is 0.365. The third-order valence-corrected chi connectivity index (χ3v) is 2.64. The average Bonchev–Trinajstić information content (AvgIpc) is 2.26. The minimum atomic E-state index is 0.728. The molecule has 0 rings (SSSR count). The second-order valence-electron chi connectivity index (χ2n) is 4.09. The van der Waals surface area contributed by atoms with Crippen LogP contribution < -0.4 is 0 Å². The standard InChI is InChI=1S/C13H24O2/c14-12-10-8-6-4-2-1-3-5-7-9-11-13-15/h12-13H,1-11H2. The van der Waals surface area contributed by atoms with Crippen LogP contribution in [0.4, 0.5) is 0 Å². The van der Waals surface area contributed by atoms with Gasteiger partial charge in [-0.1, -0.05) is 44.9 Å². The van der Waals surface area contributed by atoms with E-state index in [1.165, 1.54) is 44.9 Å². The lowest BCUT2D eigenvalue weighted by atomic mass is 10.1. The fraction of sp³-hybridized carbons (Fsp3) is 0.846. The van der Waals surface area contributed by atoms with Gasteiger partial charge >= 0.3 is 0 Å². The van der Waals surface area contributed by atoms with Gasteiger partial charge in [-0.05, 0) is 12.8 Å². The normalized spacial score (nSPS) is 10.1. The molecule has 0 N–H and O–H groups in total. The molecule has 88 valence electrons. The molecule has 0 aliphatic heterocycles. The van der Waals surface area contributed by atoms with Crippen LogP contribution in [-0.4, -0.2) is 12.6 Å². The molecule has 0 radical (unpaired) electrons. The molecule has 0 saturated carbocycles. The second-order valence-corrected chi connectivity index (χ2v) is 4.09. The number of aldehydes is 2. The first-order chi connectivity index (χ1) is 7.41. The number of hydrogen-bond acceptors (Lipinski definition) is 2. The number of carbonyl (C=O) groups is 2. The summed E-state index contributed by atoms with van der Waals surface area (Å²) in [5.41, 5.74) is 0. The van der Waals surface area contributed by atoms with E-state index in [2.05, 4.69) is 0 Å². The summed E-state index contributed by atoms with van der Waals surface area (Å²) in [6, 6.07) is 0. The lowest BCUT2D eigenvalue weighted by molar-refractivity contribution is -0.108. The molecular formula is C13H24O2. The summed E-state index contributed by atoms with van der Waals surface area (Å²) in [5.74, 6) is 0. The summed E-state index contributed by atoms with van der Waals surface area (Å²) in [6.45, 7) is 0. The number of hydrogen-bond donors (Lipinski definition) is 0. The van der Waals surface area contributed by atoms with Crippen molar-refractivity contribution in [3.05, 3.63) is 0 Å². The van der Waals surface area contributed by atoms with E-state index in [0.29, 0.717) is 0 Å². The molecule has 0 aromatic carbocycles. The summed E-state index contributed by atoms with van der Waals surface area (Å²) in [6.07, 6.45) is 14.4. The van der Waals surface area contributed by atoms with Gasteiger partial charge in [0.1, 0.15) is 12.6 Å². The van der Waals surface area contributed by atoms with Crippen molar-refractivity contribution in [3.8, 4) is 0 Å². The molecule has 0 fully saturated rings. The van der Waals surface area contributed by atoms with E-state index >= 15 is 0 Å². The van der Waals surface area contributed by atoms with Crippen LogP contribution in [0.15, 0.2) is 0 Å². The first-order valence-corrected chi connectivity index (χ1v) is 6.29. The van der Waals surface area contributed by atoms with Crippen LogP contribution in [0.5, 0.6) is 0 Å². The molecule has 0 atom stereocenters. The van der Waals surface area contributed by atoms with E-state index in [-0.39, 0.29) is 0 Å². The van der Waals surface area contributed by atoms with Crippen molar-refractivity contribution in [3.63, 3.8) is 0 Å². The summed E-state index contributed by atoms with van der Waals surface area (Å²) >= 11 is 0. The first-order valence-electron chi connectivity index (χ1n) is 6.29. The fourth-order valence-corrected chi connectivity index (χ4v) is 1.69. The van der Waals surface area contributed by atoms with E-state index in [1.807, 2.05) is 0 Å². The highest BCUT2D eigenvalue weighted by atomic mass is 16.1. The molecule has 0 aromatic heterocycles. The Morgan fingerprint density at radius 3 is 1.00 bits per heavy atom. The molecule has 0 bridgehead atoms. The van der Waals surface area contributed by atoms with Crippen molar-refractivity contribution in [2.24, 2.45) is 0 Å². The van der Waals surface area contributed by atoms with E-state index in [1.54, 1.807) is 0 Å². The Morgan fingerprint density at radius 2 is 0.733 bits per heavy atom. The third kappa shape index (κ3) is 13.3. The Bertz CT molecular complexity index is 127. The first kappa shape index (κ1) is 14.3. The molecule has 0 spiro atoms. The molecule has 0 unspecified atom stereocenters. The van der Waals surface area contributed by atoms with Gasteiger partial charge in [0.2, 0.25) is 0 Å². The van der Waals surface area contributed by atoms with E-state index in [9.17, 15) is 9.59 Å². The van der Waals surface area contributed by atoms with Gasteiger partial charge in [-0.2, -0.15) is 0 Å². The van der Waals surface area contributed by atoms with Crippen LogP contribution in [0.25, 0.3) is 0 Å². The largest absolute Gasteiger partial charge is 0.303 e. The van der Waals surface area contributed by atoms with Gasteiger partial charge in [-0.3, -0.25) is 0 Å². The molecule has 2 heteroatoms. The predicted molar refractivity (Wildman–Crippen MR) is 62.9 cm³/mol. The minimum Gasteiger partial charge on any atom is -0.303 e. The number of carbonyl (C=O) groups excluding carboxylic acids is 2.